The zero-order valence-electron chi connectivity index (χ0n) is 16.1. The van der Waals surface area contributed by atoms with Crippen molar-refractivity contribution < 1.29 is 22.6 Å². The lowest BCUT2D eigenvalue weighted by atomic mass is 10.0. The molecule has 0 aliphatic carbocycles. The molecule has 148 valence electrons. The Balaban J connectivity index is 2.40. The Kier molecular flexibility index (Phi) is 6.02. The van der Waals surface area contributed by atoms with Gasteiger partial charge in [-0.15, -0.1) is 0 Å². The average Bonchev–Trinajstić information content (AvgIpc) is 2.60. The number of benzene rings is 1. The minimum absolute atomic E-state index is 0.102. The summed E-state index contributed by atoms with van der Waals surface area (Å²) in [6.07, 6.45) is -4.56. The van der Waals surface area contributed by atoms with E-state index in [0.717, 1.165) is 17.2 Å². The highest BCUT2D eigenvalue weighted by Gasteiger charge is 2.34. The van der Waals surface area contributed by atoms with Crippen molar-refractivity contribution in [3.63, 3.8) is 0 Å². The summed E-state index contributed by atoms with van der Waals surface area (Å²) >= 11 is 0. The van der Waals surface area contributed by atoms with Gasteiger partial charge in [-0.1, -0.05) is 0 Å². The maximum atomic E-state index is 13.2. The number of methoxy groups -OCH3 is 2. The highest BCUT2D eigenvalue weighted by atomic mass is 19.4. The molecule has 0 bridgehead atoms. The van der Waals surface area contributed by atoms with Gasteiger partial charge >= 0.3 is 6.18 Å². The number of hydrogen-bond acceptors (Lipinski definition) is 6. The number of anilines is 2. The van der Waals surface area contributed by atoms with Gasteiger partial charge in [-0.2, -0.15) is 18.2 Å². The Morgan fingerprint density at radius 3 is 2.15 bits per heavy atom. The third kappa shape index (κ3) is 4.72. The molecule has 1 atom stereocenters. The largest absolute Gasteiger partial charge is 0.493 e. The van der Waals surface area contributed by atoms with Gasteiger partial charge in [0, 0.05) is 20.2 Å². The molecule has 6 nitrogen and oxygen atoms in total. The monoisotopic (exact) mass is 384 g/mol. The van der Waals surface area contributed by atoms with Gasteiger partial charge in [-0.25, -0.2) is 4.98 Å². The van der Waals surface area contributed by atoms with Crippen LogP contribution in [-0.2, 0) is 6.18 Å². The second-order valence-corrected chi connectivity index (χ2v) is 6.26. The van der Waals surface area contributed by atoms with Gasteiger partial charge in [0.25, 0.3) is 0 Å². The summed E-state index contributed by atoms with van der Waals surface area (Å²) in [7, 11) is 6.30. The van der Waals surface area contributed by atoms with E-state index >= 15 is 0 Å². The van der Waals surface area contributed by atoms with Crippen LogP contribution in [0.4, 0.5) is 24.9 Å². The molecule has 1 aromatic carbocycles. The number of hydrogen-bond donors (Lipinski definition) is 1. The van der Waals surface area contributed by atoms with Crippen LogP contribution in [0.25, 0.3) is 0 Å². The van der Waals surface area contributed by atoms with Gasteiger partial charge in [-0.3, -0.25) is 0 Å². The summed E-state index contributed by atoms with van der Waals surface area (Å²) in [5.41, 5.74) is 0.729. The second-order valence-electron chi connectivity index (χ2n) is 6.26. The maximum absolute atomic E-state index is 13.2. The fraction of sp³-hybridized carbons (Fsp3) is 0.444. The molecule has 0 fully saturated rings. The Labute approximate surface area is 156 Å². The molecule has 1 N–H and O–H groups in total. The highest BCUT2D eigenvalue weighted by Crippen LogP contribution is 2.34. The Bertz CT molecular complexity index is 810. The average molecular weight is 384 g/mol. The smallest absolute Gasteiger partial charge is 0.433 e. The lowest BCUT2D eigenvalue weighted by Crippen LogP contribution is -2.19. The first kappa shape index (κ1) is 20.6. The van der Waals surface area contributed by atoms with Crippen LogP contribution in [0.1, 0.15) is 29.8 Å². The van der Waals surface area contributed by atoms with Crippen LogP contribution in [0, 0.1) is 6.92 Å². The summed E-state index contributed by atoms with van der Waals surface area (Å²) < 4.78 is 50.0. The molecule has 0 aliphatic heterocycles. The van der Waals surface area contributed by atoms with E-state index in [2.05, 4.69) is 15.3 Å². The quantitative estimate of drug-likeness (QED) is 0.811. The summed E-state index contributed by atoms with van der Waals surface area (Å²) in [6, 6.07) is 4.15. The van der Waals surface area contributed by atoms with Crippen LogP contribution in [-0.4, -0.2) is 38.3 Å². The lowest BCUT2D eigenvalue weighted by molar-refractivity contribution is -0.141. The fourth-order valence-corrected chi connectivity index (χ4v) is 2.61. The zero-order valence-corrected chi connectivity index (χ0v) is 16.1. The molecule has 27 heavy (non-hydrogen) atoms. The van der Waals surface area contributed by atoms with Gasteiger partial charge in [0.2, 0.25) is 5.95 Å². The van der Waals surface area contributed by atoms with E-state index in [4.69, 9.17) is 9.47 Å². The number of rotatable bonds is 6. The van der Waals surface area contributed by atoms with Crippen molar-refractivity contribution in [1.29, 1.82) is 0 Å². The van der Waals surface area contributed by atoms with Gasteiger partial charge in [0.15, 0.2) is 17.2 Å². The predicted molar refractivity (Wildman–Crippen MR) is 97.7 cm³/mol. The molecule has 0 saturated heterocycles. The van der Waals surface area contributed by atoms with E-state index in [-0.39, 0.29) is 17.8 Å². The number of nitrogens with one attached hydrogen (secondary N) is 1. The standard InChI is InChI=1S/C18H23F3N4O2/c1-10-7-13(26-5)14(27-6)8-12(10)11(2)22-17-23-15(18(19,20)21)9-16(24-17)25(3)4/h7-9,11H,1-6H3,(H,22,23,24). The van der Waals surface area contributed by atoms with Gasteiger partial charge in [0.05, 0.1) is 20.3 Å². The normalized spacial score (nSPS) is 12.5. The van der Waals surface area contributed by atoms with Crippen LogP contribution in [0.3, 0.4) is 0 Å². The van der Waals surface area contributed by atoms with E-state index in [1.807, 2.05) is 19.9 Å². The van der Waals surface area contributed by atoms with E-state index < -0.39 is 11.9 Å². The molecule has 0 amide bonds. The molecule has 0 aliphatic rings. The fourth-order valence-electron chi connectivity index (χ4n) is 2.61. The molecule has 1 heterocycles. The Morgan fingerprint density at radius 1 is 1.04 bits per heavy atom. The number of alkyl halides is 3. The second kappa shape index (κ2) is 7.89. The van der Waals surface area contributed by atoms with Crippen molar-refractivity contribution in [1.82, 2.24) is 9.97 Å². The van der Waals surface area contributed by atoms with Crippen LogP contribution >= 0.6 is 0 Å². The highest BCUT2D eigenvalue weighted by molar-refractivity contribution is 5.50. The SMILES string of the molecule is COc1cc(C)c(C(C)Nc2nc(N(C)C)cc(C(F)(F)F)n2)cc1OC. The number of halogens is 3. The zero-order chi connectivity index (χ0) is 20.4. The molecule has 1 aromatic heterocycles. The van der Waals surface area contributed by atoms with E-state index in [1.54, 1.807) is 20.2 Å². The number of nitrogens with zero attached hydrogens (tertiary/aromatic N) is 3. The number of ether oxygens (including phenoxy) is 2. The number of aromatic nitrogens is 2. The first-order chi connectivity index (χ1) is 12.6. The van der Waals surface area contributed by atoms with E-state index in [1.165, 1.54) is 19.1 Å². The van der Waals surface area contributed by atoms with Crippen molar-refractivity contribution >= 4 is 11.8 Å². The third-order valence-electron chi connectivity index (χ3n) is 4.05. The topological polar surface area (TPSA) is 59.5 Å². The van der Waals surface area contributed by atoms with Gasteiger partial charge < -0.3 is 19.7 Å². The molecule has 0 radical (unpaired) electrons. The molecule has 0 spiro atoms. The molecular weight excluding hydrogens is 361 g/mol. The first-order valence-corrected chi connectivity index (χ1v) is 8.19. The summed E-state index contributed by atoms with van der Waals surface area (Å²) in [5, 5.41) is 2.95. The maximum Gasteiger partial charge on any atom is 0.433 e. The predicted octanol–water partition coefficient (Wildman–Crippen LogP) is 4.06. The van der Waals surface area contributed by atoms with Crippen molar-refractivity contribution in [3.05, 3.63) is 35.0 Å². The van der Waals surface area contributed by atoms with Gasteiger partial charge in [0.1, 0.15) is 5.82 Å². The molecule has 9 heteroatoms. The van der Waals surface area contributed by atoms with E-state index in [0.29, 0.717) is 11.5 Å². The van der Waals surface area contributed by atoms with Crippen LogP contribution in [0.5, 0.6) is 11.5 Å². The molecule has 0 saturated carbocycles. The minimum Gasteiger partial charge on any atom is -0.493 e. The summed E-state index contributed by atoms with van der Waals surface area (Å²) in [6.45, 7) is 3.70. The molecule has 2 aromatic rings. The van der Waals surface area contributed by atoms with E-state index in [9.17, 15) is 13.2 Å². The first-order valence-electron chi connectivity index (χ1n) is 8.19. The number of aryl methyl sites for hydroxylation is 1. The van der Waals surface area contributed by atoms with Crippen molar-refractivity contribution in [2.45, 2.75) is 26.1 Å². The van der Waals surface area contributed by atoms with Crippen molar-refractivity contribution in [2.75, 3.05) is 38.5 Å². The minimum atomic E-state index is -4.56. The molecular formula is C18H23F3N4O2. The van der Waals surface area contributed by atoms with Crippen LogP contribution in [0.15, 0.2) is 18.2 Å². The Hall–Kier alpha value is -2.71. The summed E-state index contributed by atoms with van der Waals surface area (Å²) in [5.74, 6) is 1.17. The third-order valence-corrected chi connectivity index (χ3v) is 4.05. The molecule has 1 unspecified atom stereocenters. The summed E-state index contributed by atoms with van der Waals surface area (Å²) in [4.78, 5) is 9.29. The van der Waals surface area contributed by atoms with Crippen LogP contribution in [0.2, 0.25) is 0 Å². The van der Waals surface area contributed by atoms with Crippen LogP contribution < -0.4 is 19.7 Å². The van der Waals surface area contributed by atoms with Gasteiger partial charge in [-0.05, 0) is 37.1 Å². The molecule has 2 rings (SSSR count). The van der Waals surface area contributed by atoms with Crippen molar-refractivity contribution in [3.8, 4) is 11.5 Å². The Morgan fingerprint density at radius 2 is 1.63 bits per heavy atom. The lowest BCUT2D eigenvalue weighted by Gasteiger charge is -2.21. The van der Waals surface area contributed by atoms with Crippen molar-refractivity contribution in [2.24, 2.45) is 0 Å².